The van der Waals surface area contributed by atoms with Crippen molar-refractivity contribution in [2.24, 2.45) is 17.6 Å². The number of ether oxygens (including phenoxy) is 1. The number of primary amides is 1. The Kier molecular flexibility index (Phi) is 7.82. The van der Waals surface area contributed by atoms with Gasteiger partial charge in [-0.3, -0.25) is 14.5 Å². The van der Waals surface area contributed by atoms with E-state index in [1.165, 1.54) is 6.07 Å². The molecule has 5 atom stereocenters. The van der Waals surface area contributed by atoms with Gasteiger partial charge in [-0.1, -0.05) is 26.0 Å². The number of aromatic hydroxyl groups is 1. The number of carbonyl (C=O) groups excluding carboxylic acids is 2. The average molecular weight is 608 g/mol. The van der Waals surface area contributed by atoms with Crippen LogP contribution in [0, 0.1) is 11.8 Å². The molecular weight excluding hydrogens is 566 g/mol. The van der Waals surface area contributed by atoms with E-state index in [-0.39, 0.29) is 35.8 Å². The first-order valence-electron chi connectivity index (χ1n) is 14.7. The van der Waals surface area contributed by atoms with Crippen molar-refractivity contribution in [3.63, 3.8) is 0 Å². The Hall–Kier alpha value is -3.90. The maximum Gasteiger partial charge on any atom is 0.251 e. The number of phenols is 1. The summed E-state index contributed by atoms with van der Waals surface area (Å²) < 4.78 is 5.57. The normalized spacial score (nSPS) is 28.2. The summed E-state index contributed by atoms with van der Waals surface area (Å²) in [5, 5.41) is 60.9. The first kappa shape index (κ1) is 31.5. The average Bonchev–Trinajstić information content (AvgIpc) is 2.93. The molecule has 1 unspecified atom stereocenters. The molecular formula is C33H41N3O8. The molecule has 3 aliphatic rings. The van der Waals surface area contributed by atoms with E-state index in [0.717, 1.165) is 23.6 Å². The van der Waals surface area contributed by atoms with Crippen molar-refractivity contribution in [3.8, 4) is 22.6 Å². The molecule has 0 heterocycles. The Morgan fingerprint density at radius 2 is 1.84 bits per heavy atom. The number of hydrogen-bond acceptors (Lipinski definition) is 10. The van der Waals surface area contributed by atoms with Gasteiger partial charge in [-0.2, -0.15) is 0 Å². The van der Waals surface area contributed by atoms with Gasteiger partial charge >= 0.3 is 0 Å². The molecule has 11 heteroatoms. The molecule has 2 aromatic rings. The molecule has 0 bridgehead atoms. The quantitative estimate of drug-likeness (QED) is 0.246. The van der Waals surface area contributed by atoms with Gasteiger partial charge in [0.25, 0.3) is 5.91 Å². The summed E-state index contributed by atoms with van der Waals surface area (Å²) >= 11 is 0. The number of fused-ring (bicyclic) bond motifs is 3. The maximum atomic E-state index is 14.3. The number of carbonyl (C=O) groups is 2. The number of hydrogen-bond donors (Lipinski definition) is 7. The number of Topliss-reactive ketones (excluding diaryl/α,β-unsaturated/α-hetero) is 1. The van der Waals surface area contributed by atoms with E-state index in [9.17, 15) is 35.1 Å². The fraction of sp³-hybridized carbons (Fsp3) is 0.455. The molecule has 5 rings (SSSR count). The third kappa shape index (κ3) is 4.49. The van der Waals surface area contributed by atoms with Crippen LogP contribution in [0.15, 0.2) is 47.2 Å². The Morgan fingerprint density at radius 1 is 1.16 bits per heavy atom. The lowest BCUT2D eigenvalue weighted by Gasteiger charge is -2.56. The molecule has 3 aliphatic carbocycles. The maximum absolute atomic E-state index is 14.3. The van der Waals surface area contributed by atoms with Crippen LogP contribution in [0.5, 0.6) is 11.5 Å². The monoisotopic (exact) mass is 607 g/mol. The number of amides is 1. The summed E-state index contributed by atoms with van der Waals surface area (Å²) in [6.45, 7) is 5.71. The van der Waals surface area contributed by atoms with Gasteiger partial charge in [0.05, 0.1) is 24.3 Å². The van der Waals surface area contributed by atoms with Crippen LogP contribution in [0.2, 0.25) is 0 Å². The summed E-state index contributed by atoms with van der Waals surface area (Å²) in [5.74, 6) is -4.43. The zero-order valence-corrected chi connectivity index (χ0v) is 25.8. The van der Waals surface area contributed by atoms with Crippen LogP contribution in [0.4, 0.5) is 0 Å². The standard InChI is InChI=1S/C33H41N3O8/c1-15(2)35-14-18-11-16(7-10-23(18)44-6)19-8-9-22(37)25-20(19)12-17-13-21-27(36(4)5)29(39)26(31(34)41)32(3,42)33(21,43)30(40)24(17)28(25)38/h7-11,15,17,21,27,35,37-39,42-43H,12-14H2,1-6H3,(H2,34,41)/t17-,21-,27-,32?,33-/m0/s1. The fourth-order valence-electron chi connectivity index (χ4n) is 7.49. The summed E-state index contributed by atoms with van der Waals surface area (Å²) in [6, 6.07) is 8.15. The summed E-state index contributed by atoms with van der Waals surface area (Å²) in [5.41, 5.74) is 2.69. The van der Waals surface area contributed by atoms with Crippen LogP contribution in [0.1, 0.15) is 43.9 Å². The first-order chi connectivity index (χ1) is 20.6. The van der Waals surface area contributed by atoms with Crippen molar-refractivity contribution in [2.45, 2.75) is 63.4 Å². The summed E-state index contributed by atoms with van der Waals surface area (Å²) in [4.78, 5) is 28.3. The lowest BCUT2D eigenvalue weighted by atomic mass is 9.52. The van der Waals surface area contributed by atoms with Crippen LogP contribution in [0.25, 0.3) is 16.9 Å². The van der Waals surface area contributed by atoms with E-state index in [2.05, 4.69) is 5.32 Å². The number of nitrogens with zero attached hydrogens (tertiary/aromatic N) is 1. The second-order valence-corrected chi connectivity index (χ2v) is 12.8. The molecule has 0 aliphatic heterocycles. The topological polar surface area (TPSA) is 186 Å². The second kappa shape index (κ2) is 10.9. The van der Waals surface area contributed by atoms with Crippen molar-refractivity contribution in [2.75, 3.05) is 21.2 Å². The number of rotatable bonds is 7. The predicted octanol–water partition coefficient (Wildman–Crippen LogP) is 2.32. The van der Waals surface area contributed by atoms with Crippen LogP contribution < -0.4 is 15.8 Å². The number of ketones is 1. The minimum Gasteiger partial charge on any atom is -0.510 e. The number of likely N-dealkylation sites (N-methyl/N-ethyl adjacent to an activating group) is 1. The van der Waals surface area contributed by atoms with Crippen molar-refractivity contribution in [1.29, 1.82) is 0 Å². The van der Waals surface area contributed by atoms with Gasteiger partial charge in [0.2, 0.25) is 0 Å². The van der Waals surface area contributed by atoms with Gasteiger partial charge in [0.15, 0.2) is 11.4 Å². The molecule has 236 valence electrons. The molecule has 1 saturated carbocycles. The van der Waals surface area contributed by atoms with E-state index in [1.54, 1.807) is 32.2 Å². The van der Waals surface area contributed by atoms with Gasteiger partial charge in [-0.25, -0.2) is 0 Å². The van der Waals surface area contributed by atoms with Gasteiger partial charge in [-0.15, -0.1) is 0 Å². The van der Waals surface area contributed by atoms with E-state index in [4.69, 9.17) is 10.5 Å². The van der Waals surface area contributed by atoms with Gasteiger partial charge in [-0.05, 0) is 74.7 Å². The highest BCUT2D eigenvalue weighted by atomic mass is 16.5. The molecule has 0 radical (unpaired) electrons. The molecule has 11 nitrogen and oxygen atoms in total. The van der Waals surface area contributed by atoms with Crippen LogP contribution >= 0.6 is 0 Å². The van der Waals surface area contributed by atoms with E-state index >= 15 is 0 Å². The number of aliphatic hydroxyl groups is 4. The van der Waals surface area contributed by atoms with E-state index in [1.807, 2.05) is 32.0 Å². The Balaban J connectivity index is 1.69. The van der Waals surface area contributed by atoms with Crippen molar-refractivity contribution in [1.82, 2.24) is 10.2 Å². The smallest absolute Gasteiger partial charge is 0.251 e. The van der Waals surface area contributed by atoms with Crippen LogP contribution in [-0.2, 0) is 22.6 Å². The molecule has 2 aromatic carbocycles. The number of phenolic OH excluding ortho intramolecular Hbond substituents is 1. The second-order valence-electron chi connectivity index (χ2n) is 12.8. The number of benzene rings is 2. The molecule has 44 heavy (non-hydrogen) atoms. The molecule has 0 spiro atoms. The van der Waals surface area contributed by atoms with Crippen molar-refractivity contribution in [3.05, 3.63) is 63.9 Å². The zero-order chi connectivity index (χ0) is 32.5. The number of nitrogens with two attached hydrogens (primary N) is 1. The highest BCUT2D eigenvalue weighted by molar-refractivity contribution is 6.12. The molecule has 1 fully saturated rings. The minimum absolute atomic E-state index is 0.0648. The molecule has 0 aromatic heterocycles. The highest BCUT2D eigenvalue weighted by Gasteiger charge is 2.69. The Morgan fingerprint density at radius 3 is 2.43 bits per heavy atom. The van der Waals surface area contributed by atoms with Crippen LogP contribution in [-0.4, -0.2) is 86.6 Å². The Labute approximate surface area is 256 Å². The van der Waals surface area contributed by atoms with E-state index < -0.39 is 57.9 Å². The zero-order valence-electron chi connectivity index (χ0n) is 25.8. The largest absolute Gasteiger partial charge is 0.510 e. The van der Waals surface area contributed by atoms with Crippen LogP contribution in [0.3, 0.4) is 0 Å². The summed E-state index contributed by atoms with van der Waals surface area (Å²) in [6.07, 6.45) is 0.287. The molecule has 1 amide bonds. The molecule has 0 saturated heterocycles. The Bertz CT molecular complexity index is 1610. The van der Waals surface area contributed by atoms with E-state index in [0.29, 0.717) is 17.9 Å². The minimum atomic E-state index is -2.61. The SMILES string of the molecule is COc1ccc(-c2ccc(O)c3c2C[C@H]2C[C@H]4[C@H](N(C)C)C(O)=C(C(N)=O)C(C)(O)[C@@]4(O)C(=O)C2=C3O)cc1CNC(C)C. The highest BCUT2D eigenvalue weighted by Crippen LogP contribution is 2.56. The van der Waals surface area contributed by atoms with Gasteiger partial charge in [0, 0.05) is 29.6 Å². The number of aliphatic hydroxyl groups excluding tert-OH is 2. The summed E-state index contributed by atoms with van der Waals surface area (Å²) in [7, 11) is 4.84. The number of nitrogens with one attached hydrogen (secondary N) is 1. The molecule has 8 N–H and O–H groups in total. The van der Waals surface area contributed by atoms with Crippen molar-refractivity contribution >= 4 is 17.4 Å². The third-order valence-corrected chi connectivity index (χ3v) is 9.55. The third-order valence-electron chi connectivity index (χ3n) is 9.55. The fourth-order valence-corrected chi connectivity index (χ4v) is 7.49. The predicted molar refractivity (Wildman–Crippen MR) is 164 cm³/mol. The first-order valence-corrected chi connectivity index (χ1v) is 14.7. The van der Waals surface area contributed by atoms with Gasteiger partial charge < -0.3 is 41.3 Å². The van der Waals surface area contributed by atoms with Crippen molar-refractivity contribution < 1.29 is 39.9 Å². The lowest BCUT2D eigenvalue weighted by Crippen LogP contribution is -2.73. The number of methoxy groups -OCH3 is 1. The lowest BCUT2D eigenvalue weighted by molar-refractivity contribution is -0.194. The van der Waals surface area contributed by atoms with Gasteiger partial charge in [0.1, 0.15) is 28.6 Å².